The number of rotatable bonds is 1. The Morgan fingerprint density at radius 1 is 1.25 bits per heavy atom. The van der Waals surface area contributed by atoms with E-state index >= 15 is 0 Å². The topological polar surface area (TPSA) is 77.0 Å². The maximum absolute atomic E-state index is 12.4. The fourth-order valence-electron chi connectivity index (χ4n) is 2.77. The number of aromatic nitrogens is 3. The van der Waals surface area contributed by atoms with Crippen molar-refractivity contribution in [1.82, 2.24) is 14.5 Å². The summed E-state index contributed by atoms with van der Waals surface area (Å²) in [7, 11) is 1.73. The summed E-state index contributed by atoms with van der Waals surface area (Å²) >= 11 is 0. The summed E-state index contributed by atoms with van der Waals surface area (Å²) in [5.74, 6) is 2.04. The van der Waals surface area contributed by atoms with E-state index in [1.54, 1.807) is 23.9 Å². The van der Waals surface area contributed by atoms with Gasteiger partial charge in [0.15, 0.2) is 0 Å². The number of hydrogen-bond acceptors (Lipinski definition) is 5. The van der Waals surface area contributed by atoms with E-state index in [0.29, 0.717) is 28.6 Å². The number of pyridine rings is 1. The molecule has 1 unspecified atom stereocenters. The first-order valence-corrected chi connectivity index (χ1v) is 6.85. The van der Waals surface area contributed by atoms with Crippen LogP contribution < -0.4 is 16.2 Å². The van der Waals surface area contributed by atoms with Crippen LogP contribution in [0.1, 0.15) is 13.8 Å². The third-order valence-electron chi connectivity index (χ3n) is 4.21. The molecule has 0 saturated carbocycles. The minimum Gasteiger partial charge on any atom is -0.368 e. The van der Waals surface area contributed by atoms with Crippen LogP contribution in [0.3, 0.4) is 0 Å². The monoisotopic (exact) mass is 273 g/mol. The molecule has 1 fully saturated rings. The zero-order valence-corrected chi connectivity index (χ0v) is 12.0. The largest absolute Gasteiger partial charge is 0.368 e. The van der Waals surface area contributed by atoms with Gasteiger partial charge in [-0.15, -0.1) is 0 Å². The molecule has 3 rings (SSSR count). The van der Waals surface area contributed by atoms with Crippen LogP contribution in [-0.2, 0) is 7.05 Å². The van der Waals surface area contributed by atoms with Crippen molar-refractivity contribution in [2.24, 2.45) is 18.9 Å². The predicted octanol–water partition coefficient (Wildman–Crippen LogP) is 1.00. The van der Waals surface area contributed by atoms with E-state index in [-0.39, 0.29) is 11.5 Å². The van der Waals surface area contributed by atoms with E-state index < -0.39 is 0 Å². The van der Waals surface area contributed by atoms with Gasteiger partial charge in [-0.25, -0.2) is 4.98 Å². The van der Waals surface area contributed by atoms with E-state index in [2.05, 4.69) is 28.7 Å². The highest BCUT2D eigenvalue weighted by atomic mass is 16.1. The van der Waals surface area contributed by atoms with Gasteiger partial charge in [0.1, 0.15) is 11.2 Å². The van der Waals surface area contributed by atoms with Crippen molar-refractivity contribution in [2.45, 2.75) is 13.8 Å². The molecule has 0 aromatic carbocycles. The molecule has 2 aromatic rings. The summed E-state index contributed by atoms with van der Waals surface area (Å²) in [5.41, 5.74) is 6.33. The number of anilines is 2. The van der Waals surface area contributed by atoms with Crippen LogP contribution in [0.5, 0.6) is 0 Å². The maximum Gasteiger partial charge on any atom is 0.263 e. The molecule has 2 N–H and O–H groups in total. The normalized spacial score (nSPS) is 22.6. The predicted molar refractivity (Wildman–Crippen MR) is 79.7 cm³/mol. The van der Waals surface area contributed by atoms with E-state index in [1.807, 2.05) is 0 Å². The van der Waals surface area contributed by atoms with Gasteiger partial charge in [-0.2, -0.15) is 4.98 Å². The lowest BCUT2D eigenvalue weighted by molar-refractivity contribution is 0.494. The molecule has 0 aliphatic carbocycles. The Bertz CT molecular complexity index is 713. The molecule has 1 aliphatic heterocycles. The Labute approximate surface area is 117 Å². The van der Waals surface area contributed by atoms with E-state index in [9.17, 15) is 4.79 Å². The quantitative estimate of drug-likeness (QED) is 0.839. The lowest BCUT2D eigenvalue weighted by atomic mass is 10.0. The van der Waals surface area contributed by atoms with Crippen LogP contribution in [0.25, 0.3) is 10.9 Å². The zero-order chi connectivity index (χ0) is 14.4. The molecule has 2 atom stereocenters. The van der Waals surface area contributed by atoms with E-state index in [4.69, 9.17) is 5.73 Å². The van der Waals surface area contributed by atoms with Crippen molar-refractivity contribution >= 4 is 22.7 Å². The average molecular weight is 273 g/mol. The van der Waals surface area contributed by atoms with Crippen LogP contribution in [0.15, 0.2) is 17.1 Å². The second-order valence-electron chi connectivity index (χ2n) is 5.76. The first-order valence-electron chi connectivity index (χ1n) is 6.85. The van der Waals surface area contributed by atoms with Crippen molar-refractivity contribution in [1.29, 1.82) is 0 Å². The van der Waals surface area contributed by atoms with E-state index in [0.717, 1.165) is 13.1 Å². The Morgan fingerprint density at radius 3 is 2.55 bits per heavy atom. The van der Waals surface area contributed by atoms with Crippen molar-refractivity contribution in [3.8, 4) is 0 Å². The molecule has 1 saturated heterocycles. The highest BCUT2D eigenvalue weighted by Gasteiger charge is 2.29. The molecule has 6 heteroatoms. The lowest BCUT2D eigenvalue weighted by Crippen LogP contribution is -2.26. The first-order chi connectivity index (χ1) is 9.47. The van der Waals surface area contributed by atoms with Crippen molar-refractivity contribution in [2.75, 3.05) is 23.7 Å². The lowest BCUT2D eigenvalue weighted by Gasteiger charge is -2.19. The van der Waals surface area contributed by atoms with Gasteiger partial charge in [0, 0.05) is 26.3 Å². The standard InChI is InChI=1S/C14H19N5O/c1-8-6-19(7-9(8)2)12-11-10(16-14(15)17-12)4-5-18(3)13(11)20/h4-5,8-9H,6-7H2,1-3H3,(H2,15,16,17)/t8-,9?/m0/s1. The summed E-state index contributed by atoms with van der Waals surface area (Å²) in [6.45, 7) is 6.22. The molecule has 3 heterocycles. The van der Waals surface area contributed by atoms with Gasteiger partial charge in [-0.1, -0.05) is 13.8 Å². The fourth-order valence-corrected chi connectivity index (χ4v) is 2.77. The molecule has 0 bridgehead atoms. The zero-order valence-electron chi connectivity index (χ0n) is 12.0. The molecule has 20 heavy (non-hydrogen) atoms. The maximum atomic E-state index is 12.4. The highest BCUT2D eigenvalue weighted by molar-refractivity contribution is 5.89. The number of hydrogen-bond donors (Lipinski definition) is 1. The Kier molecular flexibility index (Phi) is 2.88. The molecule has 6 nitrogen and oxygen atoms in total. The van der Waals surface area contributed by atoms with Crippen LogP contribution in [0.2, 0.25) is 0 Å². The van der Waals surface area contributed by atoms with Crippen LogP contribution >= 0.6 is 0 Å². The van der Waals surface area contributed by atoms with Gasteiger partial charge < -0.3 is 15.2 Å². The van der Waals surface area contributed by atoms with Gasteiger partial charge >= 0.3 is 0 Å². The minimum atomic E-state index is -0.0790. The van der Waals surface area contributed by atoms with Crippen LogP contribution in [0.4, 0.5) is 11.8 Å². The average Bonchev–Trinajstić information content (AvgIpc) is 2.73. The number of fused-ring (bicyclic) bond motifs is 1. The second-order valence-corrected chi connectivity index (χ2v) is 5.76. The number of aryl methyl sites for hydroxylation is 1. The van der Waals surface area contributed by atoms with Gasteiger partial charge in [0.25, 0.3) is 5.56 Å². The summed E-state index contributed by atoms with van der Waals surface area (Å²) < 4.78 is 1.55. The third kappa shape index (κ3) is 1.92. The van der Waals surface area contributed by atoms with Crippen molar-refractivity contribution in [3.05, 3.63) is 22.6 Å². The smallest absolute Gasteiger partial charge is 0.263 e. The Morgan fingerprint density at radius 2 is 1.90 bits per heavy atom. The molecular formula is C14H19N5O. The molecule has 1 aliphatic rings. The summed E-state index contributed by atoms with van der Waals surface area (Å²) in [5, 5.41) is 0.561. The Hall–Kier alpha value is -2.11. The molecule has 106 valence electrons. The molecule has 0 radical (unpaired) electrons. The molecule has 0 spiro atoms. The highest BCUT2D eigenvalue weighted by Crippen LogP contribution is 2.29. The van der Waals surface area contributed by atoms with Gasteiger partial charge in [0.05, 0.1) is 5.52 Å². The molecular weight excluding hydrogens is 254 g/mol. The summed E-state index contributed by atoms with van der Waals surface area (Å²) in [4.78, 5) is 23.1. The number of nitrogens with two attached hydrogens (primary N) is 1. The molecule has 2 aromatic heterocycles. The van der Waals surface area contributed by atoms with Gasteiger partial charge in [0.2, 0.25) is 5.95 Å². The van der Waals surface area contributed by atoms with Gasteiger partial charge in [-0.05, 0) is 17.9 Å². The SMILES string of the molecule is CC1CN(c2nc(N)nc3ccn(C)c(=O)c23)C[C@@H]1C. The van der Waals surface area contributed by atoms with Crippen LogP contribution in [-0.4, -0.2) is 27.6 Å². The first kappa shape index (κ1) is 12.9. The molecule has 0 amide bonds. The minimum absolute atomic E-state index is 0.0790. The number of nitrogen functional groups attached to an aromatic ring is 1. The van der Waals surface area contributed by atoms with Gasteiger partial charge in [-0.3, -0.25) is 4.79 Å². The third-order valence-corrected chi connectivity index (χ3v) is 4.21. The van der Waals surface area contributed by atoms with Crippen molar-refractivity contribution in [3.63, 3.8) is 0 Å². The van der Waals surface area contributed by atoms with Crippen LogP contribution in [0, 0.1) is 11.8 Å². The van der Waals surface area contributed by atoms with Crippen molar-refractivity contribution < 1.29 is 0 Å². The fraction of sp³-hybridized carbons (Fsp3) is 0.500. The summed E-state index contributed by atoms with van der Waals surface area (Å²) in [6.07, 6.45) is 1.70. The second kappa shape index (κ2) is 4.47. The van der Waals surface area contributed by atoms with E-state index in [1.165, 1.54) is 0 Å². The summed E-state index contributed by atoms with van der Waals surface area (Å²) in [6, 6.07) is 1.81. The Balaban J connectivity index is 2.24. The number of nitrogens with zero attached hydrogens (tertiary/aromatic N) is 4.